The first-order chi connectivity index (χ1) is 9.11. The second kappa shape index (κ2) is 6.69. The van der Waals surface area contributed by atoms with Crippen molar-refractivity contribution in [3.05, 3.63) is 55.7 Å². The van der Waals surface area contributed by atoms with Crippen molar-refractivity contribution in [2.45, 2.75) is 33.2 Å². The lowest BCUT2D eigenvalue weighted by atomic mass is 9.99. The fraction of sp³-hybridized carbons (Fsp3) is 0.375. The molecule has 1 nitrogen and oxygen atoms in total. The second-order valence-electron chi connectivity index (χ2n) is 4.81. The summed E-state index contributed by atoms with van der Waals surface area (Å²) in [6.07, 6.45) is 1.15. The molecule has 0 aliphatic rings. The van der Waals surface area contributed by atoms with Crippen molar-refractivity contribution in [1.82, 2.24) is 5.32 Å². The van der Waals surface area contributed by atoms with E-state index >= 15 is 0 Å². The number of benzene rings is 1. The van der Waals surface area contributed by atoms with Gasteiger partial charge < -0.3 is 5.32 Å². The highest BCUT2D eigenvalue weighted by Gasteiger charge is 2.17. The minimum absolute atomic E-state index is 0.294. The number of thiophene rings is 1. The molecule has 1 atom stereocenters. The normalized spacial score (nSPS) is 12.6. The van der Waals surface area contributed by atoms with Crippen molar-refractivity contribution in [3.8, 4) is 0 Å². The third kappa shape index (κ3) is 3.68. The molecule has 0 aliphatic heterocycles. The molecular formula is C16H20BrNS. The van der Waals surface area contributed by atoms with Crippen LogP contribution < -0.4 is 5.32 Å². The lowest BCUT2D eigenvalue weighted by Gasteiger charge is -2.19. The van der Waals surface area contributed by atoms with Gasteiger partial charge in [-0.3, -0.25) is 0 Å². The molecule has 19 heavy (non-hydrogen) atoms. The lowest BCUT2D eigenvalue weighted by molar-refractivity contribution is 0.598. The van der Waals surface area contributed by atoms with E-state index in [2.05, 4.69) is 72.3 Å². The van der Waals surface area contributed by atoms with Crippen molar-refractivity contribution >= 4 is 27.3 Å². The van der Waals surface area contributed by atoms with Crippen LogP contribution >= 0.6 is 27.3 Å². The molecule has 0 fully saturated rings. The van der Waals surface area contributed by atoms with Crippen LogP contribution in [0.25, 0.3) is 0 Å². The first-order valence-electron chi connectivity index (χ1n) is 6.67. The highest BCUT2D eigenvalue weighted by molar-refractivity contribution is 9.10. The minimum Gasteiger partial charge on any atom is -0.306 e. The number of rotatable bonds is 5. The van der Waals surface area contributed by atoms with Gasteiger partial charge in [0.15, 0.2) is 0 Å². The Morgan fingerprint density at radius 3 is 2.63 bits per heavy atom. The maximum Gasteiger partial charge on any atom is 0.0588 e. The van der Waals surface area contributed by atoms with Crippen molar-refractivity contribution in [1.29, 1.82) is 0 Å². The van der Waals surface area contributed by atoms with E-state index in [1.54, 1.807) is 0 Å². The summed E-state index contributed by atoms with van der Waals surface area (Å²) in [7, 11) is 0. The first kappa shape index (κ1) is 14.8. The Labute approximate surface area is 128 Å². The van der Waals surface area contributed by atoms with Gasteiger partial charge in [-0.25, -0.2) is 0 Å². The van der Waals surface area contributed by atoms with Gasteiger partial charge in [-0.05, 0) is 56.1 Å². The second-order valence-corrected chi connectivity index (χ2v) is 7.19. The van der Waals surface area contributed by atoms with Crippen LogP contribution in [-0.2, 0) is 0 Å². The van der Waals surface area contributed by atoms with E-state index < -0.39 is 0 Å². The summed E-state index contributed by atoms with van der Waals surface area (Å²) in [5.74, 6) is 0. The van der Waals surface area contributed by atoms with E-state index in [0.717, 1.165) is 17.4 Å². The monoisotopic (exact) mass is 337 g/mol. The molecule has 0 spiro atoms. The molecule has 102 valence electrons. The topological polar surface area (TPSA) is 12.0 Å². The molecule has 0 saturated heterocycles. The zero-order chi connectivity index (χ0) is 13.8. The van der Waals surface area contributed by atoms with Crippen molar-refractivity contribution in [3.63, 3.8) is 0 Å². The van der Waals surface area contributed by atoms with Crippen LogP contribution in [0.3, 0.4) is 0 Å². The van der Waals surface area contributed by atoms with Crippen LogP contribution in [0.5, 0.6) is 0 Å². The van der Waals surface area contributed by atoms with Gasteiger partial charge >= 0.3 is 0 Å². The molecular weight excluding hydrogens is 318 g/mol. The molecule has 2 aromatic rings. The largest absolute Gasteiger partial charge is 0.306 e. The van der Waals surface area contributed by atoms with Gasteiger partial charge in [0.05, 0.1) is 6.04 Å². The molecule has 2 rings (SSSR count). The summed E-state index contributed by atoms with van der Waals surface area (Å²) in [6, 6.07) is 11.2. The van der Waals surface area contributed by atoms with Gasteiger partial charge in [-0.1, -0.05) is 35.0 Å². The third-order valence-electron chi connectivity index (χ3n) is 3.17. The first-order valence-corrected chi connectivity index (χ1v) is 8.28. The summed E-state index contributed by atoms with van der Waals surface area (Å²) in [5, 5.41) is 3.67. The number of halogens is 1. The SMILES string of the molecule is CCCNC(c1cccc(Br)c1)c1cc(C)sc1C. The van der Waals surface area contributed by atoms with E-state index in [1.807, 2.05) is 11.3 Å². The predicted molar refractivity (Wildman–Crippen MR) is 88.1 cm³/mol. The van der Waals surface area contributed by atoms with Crippen molar-refractivity contribution in [2.75, 3.05) is 6.54 Å². The number of hydrogen-bond acceptors (Lipinski definition) is 2. The van der Waals surface area contributed by atoms with Gasteiger partial charge in [0, 0.05) is 14.2 Å². The molecule has 0 radical (unpaired) electrons. The van der Waals surface area contributed by atoms with Crippen LogP contribution in [0.4, 0.5) is 0 Å². The Morgan fingerprint density at radius 1 is 1.26 bits per heavy atom. The van der Waals surface area contributed by atoms with E-state index in [-0.39, 0.29) is 0 Å². The quantitative estimate of drug-likeness (QED) is 0.788. The average Bonchev–Trinajstić information content (AvgIpc) is 2.69. The van der Waals surface area contributed by atoms with Crippen LogP contribution in [0, 0.1) is 13.8 Å². The fourth-order valence-corrected chi connectivity index (χ4v) is 3.70. The Balaban J connectivity index is 2.38. The van der Waals surface area contributed by atoms with Crippen LogP contribution in [-0.4, -0.2) is 6.54 Å². The molecule has 1 aromatic heterocycles. The van der Waals surface area contributed by atoms with Gasteiger partial charge in [0.25, 0.3) is 0 Å². The summed E-state index contributed by atoms with van der Waals surface area (Å²) >= 11 is 5.45. The molecule has 0 bridgehead atoms. The molecule has 1 unspecified atom stereocenters. The molecule has 3 heteroatoms. The van der Waals surface area contributed by atoms with E-state index in [9.17, 15) is 0 Å². The molecule has 0 saturated carbocycles. The molecule has 0 amide bonds. The highest BCUT2D eigenvalue weighted by Crippen LogP contribution is 2.31. The summed E-state index contributed by atoms with van der Waals surface area (Å²) in [4.78, 5) is 2.79. The van der Waals surface area contributed by atoms with E-state index in [4.69, 9.17) is 0 Å². The zero-order valence-corrected chi connectivity index (χ0v) is 14.1. The summed E-state index contributed by atoms with van der Waals surface area (Å²) in [6.45, 7) is 7.63. The van der Waals surface area contributed by atoms with Crippen molar-refractivity contribution in [2.24, 2.45) is 0 Å². The maximum absolute atomic E-state index is 3.67. The zero-order valence-electron chi connectivity index (χ0n) is 11.7. The molecule has 0 aliphatic carbocycles. The molecule has 1 aromatic carbocycles. The number of nitrogens with one attached hydrogen (secondary N) is 1. The Morgan fingerprint density at radius 2 is 2.05 bits per heavy atom. The molecule has 1 N–H and O–H groups in total. The molecule has 1 heterocycles. The van der Waals surface area contributed by atoms with Gasteiger partial charge in [0.1, 0.15) is 0 Å². The minimum atomic E-state index is 0.294. The Bertz CT molecular complexity index is 547. The van der Waals surface area contributed by atoms with E-state index in [1.165, 1.54) is 20.9 Å². The van der Waals surface area contributed by atoms with E-state index in [0.29, 0.717) is 6.04 Å². The number of hydrogen-bond donors (Lipinski definition) is 1. The van der Waals surface area contributed by atoms with Crippen LogP contribution in [0.15, 0.2) is 34.8 Å². The van der Waals surface area contributed by atoms with Gasteiger partial charge in [0.2, 0.25) is 0 Å². The number of aryl methyl sites for hydroxylation is 2. The summed E-state index contributed by atoms with van der Waals surface area (Å²) < 4.78 is 1.14. The highest BCUT2D eigenvalue weighted by atomic mass is 79.9. The van der Waals surface area contributed by atoms with Crippen molar-refractivity contribution < 1.29 is 0 Å². The third-order valence-corrected chi connectivity index (χ3v) is 4.65. The smallest absolute Gasteiger partial charge is 0.0588 e. The van der Waals surface area contributed by atoms with Gasteiger partial charge in [-0.15, -0.1) is 11.3 Å². The van der Waals surface area contributed by atoms with Crippen LogP contribution in [0.1, 0.15) is 40.3 Å². The van der Waals surface area contributed by atoms with Crippen LogP contribution in [0.2, 0.25) is 0 Å². The fourth-order valence-electron chi connectivity index (χ4n) is 2.32. The average molecular weight is 338 g/mol. The lowest BCUT2D eigenvalue weighted by Crippen LogP contribution is -2.23. The summed E-state index contributed by atoms with van der Waals surface area (Å²) in [5.41, 5.74) is 2.73. The Kier molecular flexibility index (Phi) is 5.20. The van der Waals surface area contributed by atoms with Gasteiger partial charge in [-0.2, -0.15) is 0 Å². The maximum atomic E-state index is 3.67. The predicted octanol–water partition coefficient (Wildman–Crippen LogP) is 5.22. The Hall–Kier alpha value is -0.640. The standard InChI is InChI=1S/C16H20BrNS/c1-4-8-18-16(13-6-5-7-14(17)10-13)15-9-11(2)19-12(15)3/h5-7,9-10,16,18H,4,8H2,1-3H3.